The van der Waals surface area contributed by atoms with Crippen LogP contribution in [0.25, 0.3) is 5.65 Å². The molecule has 4 aromatic rings. The molecule has 1 N–H and O–H groups in total. The van der Waals surface area contributed by atoms with Gasteiger partial charge in [0.1, 0.15) is 10.7 Å². The molecule has 0 bridgehead atoms. The summed E-state index contributed by atoms with van der Waals surface area (Å²) in [7, 11) is -1.95. The van der Waals surface area contributed by atoms with Crippen LogP contribution in [0, 0.1) is 13.8 Å². The first-order valence-electron chi connectivity index (χ1n) is 14.4. The molecule has 2 atom stereocenters. The van der Waals surface area contributed by atoms with Crippen molar-refractivity contribution in [2.45, 2.75) is 49.8 Å². The molecule has 6 rings (SSSR count). The van der Waals surface area contributed by atoms with Crippen LogP contribution in [0.3, 0.4) is 0 Å². The number of carboxylic acid groups (broad SMARTS) is 1. The Bertz CT molecular complexity index is 1900. The van der Waals surface area contributed by atoms with E-state index in [2.05, 4.69) is 25.0 Å². The average Bonchev–Trinajstić information content (AvgIpc) is 3.40. The lowest BCUT2D eigenvalue weighted by molar-refractivity contribution is -0.145. The standard InChI is InChI=1S/C30H32F3N7O4S/c1-18-6-7-20(24(14-26(41)42)23-8-10-40-27(19(23)2)35-36-29(40)30(31,32)33)13-21(18)15-38-17-22-16-37(3)11-12-39(22)28-25(45(38,43)44)5-4-9-34-28/h4-10,13,22,24H,11-12,14-17H2,1-3H3,(H,41,42). The second-order valence-corrected chi connectivity index (χ2v) is 13.6. The van der Waals surface area contributed by atoms with Gasteiger partial charge in [-0.15, -0.1) is 10.2 Å². The van der Waals surface area contributed by atoms with Gasteiger partial charge in [0.15, 0.2) is 5.65 Å². The van der Waals surface area contributed by atoms with Gasteiger partial charge in [-0.25, -0.2) is 13.4 Å². The number of likely N-dealkylation sites (N-methyl/N-ethyl adjacent to an activating group) is 1. The molecule has 15 heteroatoms. The van der Waals surface area contributed by atoms with Crippen molar-refractivity contribution in [3.63, 3.8) is 0 Å². The summed E-state index contributed by atoms with van der Waals surface area (Å²) in [5.41, 5.74) is 2.94. The predicted octanol–water partition coefficient (Wildman–Crippen LogP) is 3.69. The van der Waals surface area contributed by atoms with Crippen LogP contribution < -0.4 is 4.90 Å². The Balaban J connectivity index is 1.40. The zero-order chi connectivity index (χ0) is 32.3. The van der Waals surface area contributed by atoms with Gasteiger partial charge < -0.3 is 14.9 Å². The van der Waals surface area contributed by atoms with Crippen molar-refractivity contribution in [2.24, 2.45) is 0 Å². The van der Waals surface area contributed by atoms with Gasteiger partial charge >= 0.3 is 12.1 Å². The Kier molecular flexibility index (Phi) is 7.82. The molecule has 11 nitrogen and oxygen atoms in total. The largest absolute Gasteiger partial charge is 0.481 e. The first-order chi connectivity index (χ1) is 21.3. The Morgan fingerprint density at radius 3 is 2.62 bits per heavy atom. The molecule has 2 aliphatic heterocycles. The minimum absolute atomic E-state index is 0.0208. The molecule has 0 saturated carbocycles. The maximum atomic E-state index is 14.1. The third kappa shape index (κ3) is 5.64. The SMILES string of the molecule is Cc1ccc(C(CC(=O)O)c2ccn3c(C(F)(F)F)nnc3c2C)cc1CN1CC2CN(C)CCN2c2ncccc2S1(=O)=O. The number of pyridine rings is 2. The molecule has 3 aromatic heterocycles. The van der Waals surface area contributed by atoms with E-state index in [1.165, 1.54) is 16.6 Å². The fraction of sp³-hybridized carbons (Fsp3) is 0.400. The normalized spacial score (nSPS) is 19.6. The summed E-state index contributed by atoms with van der Waals surface area (Å²) in [6, 6.07) is 9.90. The molecule has 0 aliphatic carbocycles. The molecule has 2 unspecified atom stereocenters. The topological polar surface area (TPSA) is 124 Å². The monoisotopic (exact) mass is 643 g/mol. The number of sulfonamides is 1. The number of piperazine rings is 1. The molecule has 0 spiro atoms. The highest BCUT2D eigenvalue weighted by Gasteiger charge is 2.40. The first kappa shape index (κ1) is 30.9. The second kappa shape index (κ2) is 11.4. The van der Waals surface area contributed by atoms with Crippen LogP contribution in [-0.2, 0) is 27.5 Å². The van der Waals surface area contributed by atoms with Gasteiger partial charge in [-0.3, -0.25) is 9.20 Å². The predicted molar refractivity (Wildman–Crippen MR) is 158 cm³/mol. The first-order valence-corrected chi connectivity index (χ1v) is 15.8. The molecule has 1 saturated heterocycles. The van der Waals surface area contributed by atoms with E-state index in [4.69, 9.17) is 0 Å². The van der Waals surface area contributed by atoms with Gasteiger partial charge in [0.2, 0.25) is 15.8 Å². The number of hydrogen-bond donors (Lipinski definition) is 1. The summed E-state index contributed by atoms with van der Waals surface area (Å²) < 4.78 is 70.8. The molecular weight excluding hydrogens is 611 g/mol. The third-order valence-corrected chi connectivity index (χ3v) is 10.6. The van der Waals surface area contributed by atoms with E-state index in [1.807, 2.05) is 20.0 Å². The van der Waals surface area contributed by atoms with E-state index in [1.54, 1.807) is 37.4 Å². The molecule has 238 valence electrons. The highest BCUT2D eigenvalue weighted by atomic mass is 32.2. The van der Waals surface area contributed by atoms with E-state index >= 15 is 0 Å². The van der Waals surface area contributed by atoms with Gasteiger partial charge in [-0.1, -0.05) is 18.2 Å². The Morgan fingerprint density at radius 1 is 1.11 bits per heavy atom. The van der Waals surface area contributed by atoms with Gasteiger partial charge in [0.05, 0.1) is 12.5 Å². The Labute approximate surface area is 258 Å². The van der Waals surface area contributed by atoms with Gasteiger partial charge in [-0.2, -0.15) is 17.5 Å². The third-order valence-electron chi connectivity index (χ3n) is 8.74. The maximum Gasteiger partial charge on any atom is 0.452 e. The van der Waals surface area contributed by atoms with E-state index < -0.39 is 33.9 Å². The minimum atomic E-state index is -4.71. The zero-order valence-corrected chi connectivity index (χ0v) is 25.7. The highest BCUT2D eigenvalue weighted by molar-refractivity contribution is 7.89. The van der Waals surface area contributed by atoms with E-state index in [0.29, 0.717) is 41.2 Å². The molecule has 0 amide bonds. The summed E-state index contributed by atoms with van der Waals surface area (Å²) in [6.45, 7) is 5.79. The number of nitrogens with zero attached hydrogens (tertiary/aromatic N) is 7. The lowest BCUT2D eigenvalue weighted by Crippen LogP contribution is -2.55. The van der Waals surface area contributed by atoms with E-state index in [0.717, 1.165) is 16.5 Å². The van der Waals surface area contributed by atoms with Crippen molar-refractivity contribution < 1.29 is 31.5 Å². The molecule has 45 heavy (non-hydrogen) atoms. The number of anilines is 1. The fourth-order valence-corrected chi connectivity index (χ4v) is 7.99. The van der Waals surface area contributed by atoms with Gasteiger partial charge in [0, 0.05) is 51.0 Å². The smallest absolute Gasteiger partial charge is 0.452 e. The number of aromatic nitrogens is 4. The Morgan fingerprint density at radius 2 is 1.89 bits per heavy atom. The molecule has 5 heterocycles. The van der Waals surface area contributed by atoms with Crippen molar-refractivity contribution in [2.75, 3.05) is 38.1 Å². The van der Waals surface area contributed by atoms with Crippen molar-refractivity contribution >= 4 is 27.5 Å². The number of fused-ring (bicyclic) bond motifs is 4. The van der Waals surface area contributed by atoms with E-state index in [-0.39, 0.29) is 36.1 Å². The number of aryl methyl sites for hydroxylation is 2. The van der Waals surface area contributed by atoms with Crippen LogP contribution in [0.4, 0.5) is 19.0 Å². The van der Waals surface area contributed by atoms with Crippen LogP contribution in [0.15, 0.2) is 53.7 Å². The summed E-state index contributed by atoms with van der Waals surface area (Å²) in [6.07, 6.45) is -2.26. The molecule has 1 fully saturated rings. The number of rotatable bonds is 6. The lowest BCUT2D eigenvalue weighted by Gasteiger charge is -2.40. The van der Waals surface area contributed by atoms with Gasteiger partial charge in [0.25, 0.3) is 0 Å². The molecule has 2 aliphatic rings. The highest BCUT2D eigenvalue weighted by Crippen LogP contribution is 2.37. The number of hydrogen-bond acceptors (Lipinski definition) is 8. The molecular formula is C30H32F3N7O4S. The quantitative estimate of drug-likeness (QED) is 0.335. The second-order valence-electron chi connectivity index (χ2n) is 11.7. The Hall–Kier alpha value is -4.08. The number of carboxylic acids is 1. The van der Waals surface area contributed by atoms with Crippen LogP contribution in [0.2, 0.25) is 0 Å². The zero-order valence-electron chi connectivity index (χ0n) is 24.9. The summed E-state index contributed by atoms with van der Waals surface area (Å²) in [4.78, 5) is 20.9. The number of benzene rings is 1. The van der Waals surface area contributed by atoms with Crippen molar-refractivity contribution in [1.29, 1.82) is 0 Å². The van der Waals surface area contributed by atoms with Crippen LogP contribution in [-0.4, -0.2) is 87.5 Å². The fourth-order valence-electron chi connectivity index (χ4n) is 6.39. The van der Waals surface area contributed by atoms with Crippen LogP contribution >= 0.6 is 0 Å². The van der Waals surface area contributed by atoms with E-state index in [9.17, 15) is 31.5 Å². The number of alkyl halides is 3. The lowest BCUT2D eigenvalue weighted by atomic mass is 9.85. The van der Waals surface area contributed by atoms with Crippen molar-refractivity contribution in [1.82, 2.24) is 28.8 Å². The molecule has 1 aromatic carbocycles. The van der Waals surface area contributed by atoms with Gasteiger partial charge in [-0.05, 0) is 66.9 Å². The maximum absolute atomic E-state index is 14.1. The summed E-state index contributed by atoms with van der Waals surface area (Å²) in [5.74, 6) is -2.57. The number of halogens is 3. The van der Waals surface area contributed by atoms with Crippen molar-refractivity contribution in [3.05, 3.63) is 82.4 Å². The van der Waals surface area contributed by atoms with Crippen LogP contribution in [0.1, 0.15) is 46.0 Å². The average molecular weight is 644 g/mol. The number of carbonyl (C=O) groups is 1. The molecule has 0 radical (unpaired) electrons. The summed E-state index contributed by atoms with van der Waals surface area (Å²) >= 11 is 0. The van der Waals surface area contributed by atoms with Crippen LogP contribution in [0.5, 0.6) is 0 Å². The summed E-state index contributed by atoms with van der Waals surface area (Å²) in [5, 5.41) is 16.9. The van der Waals surface area contributed by atoms with Crippen molar-refractivity contribution in [3.8, 4) is 0 Å². The minimum Gasteiger partial charge on any atom is -0.481 e. The number of aliphatic carboxylic acids is 1.